The van der Waals surface area contributed by atoms with Crippen LogP contribution in [0.15, 0.2) is 72.8 Å². The van der Waals surface area contributed by atoms with Crippen LogP contribution in [0.4, 0.5) is 9.59 Å². The highest BCUT2D eigenvalue weighted by Gasteiger charge is 2.17. The number of carbonyl (C=O) groups excluding carboxylic acids is 4. The first-order valence-electron chi connectivity index (χ1n) is 14.2. The van der Waals surface area contributed by atoms with Gasteiger partial charge in [-0.2, -0.15) is 0 Å². The molecule has 0 aliphatic heterocycles. The van der Waals surface area contributed by atoms with Gasteiger partial charge in [0.25, 0.3) is 0 Å². The molecule has 3 aromatic rings. The van der Waals surface area contributed by atoms with Gasteiger partial charge in [-0.25, -0.2) is 9.59 Å². The molecule has 0 bridgehead atoms. The predicted molar refractivity (Wildman–Crippen MR) is 164 cm³/mol. The fourth-order valence-electron chi connectivity index (χ4n) is 3.87. The van der Waals surface area contributed by atoms with Crippen LogP contribution < -0.4 is 32.7 Å². The molecule has 44 heavy (non-hydrogen) atoms. The van der Waals surface area contributed by atoms with Gasteiger partial charge in [0.1, 0.15) is 25.3 Å². The van der Waals surface area contributed by atoms with E-state index in [1.165, 1.54) is 0 Å². The molecule has 234 valence electrons. The fraction of sp³-hybridized carbons (Fsp3) is 0.312. The highest BCUT2D eigenvalue weighted by atomic mass is 16.6. The highest BCUT2D eigenvalue weighted by Crippen LogP contribution is 2.08. The SMILES string of the molecule is C[C@H](NC(=O)OCc1ccc(COC(=O)N[C@@H](C)C(=O)NCc2ccc(CN)cc2)cc1)C(=O)NCc1ccc(CN)cc1. The van der Waals surface area contributed by atoms with Crippen molar-refractivity contribution in [2.45, 2.75) is 65.3 Å². The van der Waals surface area contributed by atoms with Gasteiger partial charge in [-0.1, -0.05) is 72.8 Å². The molecule has 0 fully saturated rings. The number of hydrogen-bond donors (Lipinski definition) is 6. The van der Waals surface area contributed by atoms with Crippen LogP contribution in [0.2, 0.25) is 0 Å². The smallest absolute Gasteiger partial charge is 0.408 e. The molecule has 8 N–H and O–H groups in total. The first-order chi connectivity index (χ1) is 21.2. The summed E-state index contributed by atoms with van der Waals surface area (Å²) in [7, 11) is 0. The van der Waals surface area contributed by atoms with Crippen molar-refractivity contribution in [1.29, 1.82) is 0 Å². The summed E-state index contributed by atoms with van der Waals surface area (Å²) in [5.74, 6) is -0.690. The lowest BCUT2D eigenvalue weighted by atomic mass is 10.1. The summed E-state index contributed by atoms with van der Waals surface area (Å²) >= 11 is 0. The van der Waals surface area contributed by atoms with E-state index in [-0.39, 0.29) is 25.0 Å². The number of benzene rings is 3. The number of rotatable bonds is 14. The Morgan fingerprint density at radius 2 is 0.841 bits per heavy atom. The lowest BCUT2D eigenvalue weighted by Crippen LogP contribution is -2.44. The maximum absolute atomic E-state index is 12.3. The Morgan fingerprint density at radius 1 is 0.545 bits per heavy atom. The molecule has 0 aliphatic carbocycles. The van der Waals surface area contributed by atoms with Crippen LogP contribution in [-0.2, 0) is 58.5 Å². The molecular formula is C32H40N6O6. The van der Waals surface area contributed by atoms with Crippen LogP contribution >= 0.6 is 0 Å². The van der Waals surface area contributed by atoms with Gasteiger partial charge in [-0.05, 0) is 47.2 Å². The van der Waals surface area contributed by atoms with E-state index in [0.29, 0.717) is 37.3 Å². The first kappa shape index (κ1) is 33.6. The molecule has 0 aromatic heterocycles. The molecule has 3 rings (SSSR count). The minimum Gasteiger partial charge on any atom is -0.445 e. The Labute approximate surface area is 256 Å². The Morgan fingerprint density at radius 3 is 1.16 bits per heavy atom. The molecule has 12 nitrogen and oxygen atoms in total. The number of nitrogens with two attached hydrogens (primary N) is 2. The van der Waals surface area contributed by atoms with Gasteiger partial charge >= 0.3 is 12.2 Å². The molecular weight excluding hydrogens is 564 g/mol. The zero-order chi connectivity index (χ0) is 31.9. The summed E-state index contributed by atoms with van der Waals surface area (Å²) in [6, 6.07) is 20.4. The number of ether oxygens (including phenoxy) is 2. The topological polar surface area (TPSA) is 187 Å². The summed E-state index contributed by atoms with van der Waals surface area (Å²) < 4.78 is 10.4. The second kappa shape index (κ2) is 17.2. The Balaban J connectivity index is 1.31. The van der Waals surface area contributed by atoms with Crippen molar-refractivity contribution < 1.29 is 28.7 Å². The minimum absolute atomic E-state index is 0.0148. The quantitative estimate of drug-likeness (QED) is 0.162. The van der Waals surface area contributed by atoms with Crippen molar-refractivity contribution in [3.63, 3.8) is 0 Å². The van der Waals surface area contributed by atoms with Crippen molar-refractivity contribution in [1.82, 2.24) is 21.3 Å². The first-order valence-corrected chi connectivity index (χ1v) is 14.2. The summed E-state index contributed by atoms with van der Waals surface area (Å²) in [6.07, 6.45) is -1.46. The van der Waals surface area contributed by atoms with E-state index in [9.17, 15) is 19.2 Å². The number of amides is 4. The van der Waals surface area contributed by atoms with Gasteiger partial charge in [0, 0.05) is 26.2 Å². The van der Waals surface area contributed by atoms with Gasteiger partial charge in [-0.15, -0.1) is 0 Å². The van der Waals surface area contributed by atoms with E-state index in [1.807, 2.05) is 48.5 Å². The summed E-state index contributed by atoms with van der Waals surface area (Å²) in [5, 5.41) is 10.5. The van der Waals surface area contributed by atoms with Crippen LogP contribution in [0.5, 0.6) is 0 Å². The van der Waals surface area contributed by atoms with Crippen molar-refractivity contribution >= 4 is 24.0 Å². The lowest BCUT2D eigenvalue weighted by molar-refractivity contribution is -0.123. The van der Waals surface area contributed by atoms with Crippen LogP contribution in [0.1, 0.15) is 47.2 Å². The molecule has 4 amide bonds. The number of nitrogens with one attached hydrogen (secondary N) is 4. The van der Waals surface area contributed by atoms with Crippen LogP contribution in [-0.4, -0.2) is 36.1 Å². The van der Waals surface area contributed by atoms with E-state index < -0.39 is 24.3 Å². The second-order valence-corrected chi connectivity index (χ2v) is 10.2. The molecule has 0 spiro atoms. The van der Waals surface area contributed by atoms with E-state index in [4.69, 9.17) is 20.9 Å². The van der Waals surface area contributed by atoms with Crippen molar-refractivity contribution in [3.8, 4) is 0 Å². The summed E-state index contributed by atoms with van der Waals surface area (Å²) in [6.45, 7) is 4.64. The van der Waals surface area contributed by atoms with Gasteiger partial charge in [0.2, 0.25) is 11.8 Å². The van der Waals surface area contributed by atoms with Crippen molar-refractivity contribution in [3.05, 3.63) is 106 Å². The zero-order valence-corrected chi connectivity index (χ0v) is 24.9. The maximum Gasteiger partial charge on any atom is 0.408 e. The molecule has 0 unspecified atom stereocenters. The molecule has 3 aromatic carbocycles. The summed E-state index contributed by atoms with van der Waals surface area (Å²) in [5.41, 5.74) is 16.4. The monoisotopic (exact) mass is 604 g/mol. The fourth-order valence-corrected chi connectivity index (χ4v) is 3.87. The normalized spacial score (nSPS) is 11.9. The zero-order valence-electron chi connectivity index (χ0n) is 24.9. The van der Waals surface area contributed by atoms with E-state index in [2.05, 4.69) is 21.3 Å². The number of hydrogen-bond acceptors (Lipinski definition) is 8. The average molecular weight is 605 g/mol. The van der Waals surface area contributed by atoms with Crippen molar-refractivity contribution in [2.75, 3.05) is 0 Å². The maximum atomic E-state index is 12.3. The van der Waals surface area contributed by atoms with E-state index in [1.54, 1.807) is 38.1 Å². The lowest BCUT2D eigenvalue weighted by Gasteiger charge is -2.15. The molecule has 2 atom stereocenters. The highest BCUT2D eigenvalue weighted by molar-refractivity contribution is 5.85. The molecule has 0 saturated heterocycles. The summed E-state index contributed by atoms with van der Waals surface area (Å²) in [4.78, 5) is 49.0. The van der Waals surface area contributed by atoms with Crippen LogP contribution in [0, 0.1) is 0 Å². The van der Waals surface area contributed by atoms with Crippen molar-refractivity contribution in [2.24, 2.45) is 11.5 Å². The molecule has 0 aliphatic rings. The Kier molecular flexibility index (Phi) is 13.2. The molecule has 0 heterocycles. The molecule has 12 heteroatoms. The molecule has 0 saturated carbocycles. The Hall–Kier alpha value is -4.94. The minimum atomic E-state index is -0.792. The average Bonchev–Trinajstić information content (AvgIpc) is 3.04. The van der Waals surface area contributed by atoms with Crippen LogP contribution in [0.25, 0.3) is 0 Å². The van der Waals surface area contributed by atoms with Gasteiger partial charge in [0.15, 0.2) is 0 Å². The largest absolute Gasteiger partial charge is 0.445 e. The van der Waals surface area contributed by atoms with Crippen LogP contribution in [0.3, 0.4) is 0 Å². The van der Waals surface area contributed by atoms with E-state index >= 15 is 0 Å². The standard InChI is InChI=1S/C32H40N6O6/c1-21(29(39)35-17-25-7-3-23(15-33)4-8-25)37-31(41)43-19-27-11-13-28(14-12-27)20-44-32(42)38-22(2)30(40)36-18-26-9-5-24(16-34)6-10-26/h3-14,21-22H,15-20,33-34H2,1-2H3,(H,35,39)(H,36,40)(H,37,41)(H,38,42)/t21-,22-/m0/s1. The second-order valence-electron chi connectivity index (χ2n) is 10.2. The van der Waals surface area contributed by atoms with E-state index in [0.717, 1.165) is 22.3 Å². The predicted octanol–water partition coefficient (Wildman–Crippen LogP) is 2.47. The Bertz CT molecular complexity index is 1270. The third-order valence-corrected chi connectivity index (χ3v) is 6.67. The van der Waals surface area contributed by atoms with Gasteiger partial charge < -0.3 is 42.2 Å². The number of carbonyl (C=O) groups is 4. The van der Waals surface area contributed by atoms with Gasteiger partial charge in [-0.3, -0.25) is 9.59 Å². The molecule has 0 radical (unpaired) electrons. The number of alkyl carbamates (subject to hydrolysis) is 2. The third-order valence-electron chi connectivity index (χ3n) is 6.67. The van der Waals surface area contributed by atoms with Gasteiger partial charge in [0.05, 0.1) is 0 Å². The third kappa shape index (κ3) is 11.4.